The molecule has 0 aliphatic carbocycles. The molecule has 0 aliphatic heterocycles. The van der Waals surface area contributed by atoms with Crippen molar-refractivity contribution >= 4 is 41.9 Å². The van der Waals surface area contributed by atoms with Crippen molar-refractivity contribution in [3.05, 3.63) is 38.9 Å². The Hall–Kier alpha value is -0.770. The lowest BCUT2D eigenvalue weighted by molar-refractivity contribution is 0.548. The largest absolute Gasteiger partial charge is 0.261 e. The standard InChI is InChI=1S/C11H12Br2N4O2S/c1-7(8-3-5-9(12)6-4-8)15-20(18,19)11-10(13)14-16-17(11)2/h3-7,15H,1-2H3/t7-/m0/s1. The summed E-state index contributed by atoms with van der Waals surface area (Å²) in [4.78, 5) is 0. The van der Waals surface area contributed by atoms with Gasteiger partial charge in [-0.2, -0.15) is 0 Å². The summed E-state index contributed by atoms with van der Waals surface area (Å²) in [5.41, 5.74) is 0.864. The van der Waals surface area contributed by atoms with Gasteiger partial charge in [0.15, 0.2) is 4.60 Å². The number of rotatable bonds is 4. The number of benzene rings is 1. The van der Waals surface area contributed by atoms with Crippen molar-refractivity contribution in [2.75, 3.05) is 0 Å². The first-order valence-corrected chi connectivity index (χ1v) is 8.71. The van der Waals surface area contributed by atoms with Gasteiger partial charge in [-0.1, -0.05) is 33.3 Å². The average molecular weight is 424 g/mol. The van der Waals surface area contributed by atoms with E-state index in [9.17, 15) is 8.42 Å². The third-order valence-electron chi connectivity index (χ3n) is 2.69. The predicted molar refractivity (Wildman–Crippen MR) is 81.6 cm³/mol. The summed E-state index contributed by atoms with van der Waals surface area (Å²) in [6, 6.07) is 7.07. The Morgan fingerprint density at radius 3 is 2.35 bits per heavy atom. The Bertz CT molecular complexity index is 693. The van der Waals surface area contributed by atoms with E-state index in [0.717, 1.165) is 10.0 Å². The highest BCUT2D eigenvalue weighted by atomic mass is 79.9. The summed E-state index contributed by atoms with van der Waals surface area (Å²) in [6.45, 7) is 1.78. The Morgan fingerprint density at radius 2 is 1.85 bits per heavy atom. The third kappa shape index (κ3) is 3.27. The van der Waals surface area contributed by atoms with Crippen LogP contribution >= 0.6 is 31.9 Å². The van der Waals surface area contributed by atoms with E-state index in [1.165, 1.54) is 11.7 Å². The number of aryl methyl sites for hydroxylation is 1. The van der Waals surface area contributed by atoms with Crippen molar-refractivity contribution in [1.82, 2.24) is 19.7 Å². The first-order valence-electron chi connectivity index (χ1n) is 5.64. The summed E-state index contributed by atoms with van der Waals surface area (Å²) in [7, 11) is -2.18. The van der Waals surface area contributed by atoms with Crippen molar-refractivity contribution in [3.63, 3.8) is 0 Å². The van der Waals surface area contributed by atoms with Crippen LogP contribution in [0.1, 0.15) is 18.5 Å². The molecule has 1 atom stereocenters. The molecule has 0 spiro atoms. The summed E-state index contributed by atoms with van der Waals surface area (Å²) in [5, 5.41) is 7.35. The van der Waals surface area contributed by atoms with E-state index in [1.807, 2.05) is 24.3 Å². The molecule has 2 rings (SSSR count). The van der Waals surface area contributed by atoms with E-state index in [4.69, 9.17) is 0 Å². The van der Waals surface area contributed by atoms with Crippen LogP contribution in [-0.2, 0) is 17.1 Å². The Morgan fingerprint density at radius 1 is 1.25 bits per heavy atom. The molecule has 20 heavy (non-hydrogen) atoms. The van der Waals surface area contributed by atoms with Crippen LogP contribution in [0.25, 0.3) is 0 Å². The monoisotopic (exact) mass is 422 g/mol. The summed E-state index contributed by atoms with van der Waals surface area (Å²) in [6.07, 6.45) is 0. The van der Waals surface area contributed by atoms with Gasteiger partial charge in [-0.05, 0) is 40.5 Å². The van der Waals surface area contributed by atoms with Gasteiger partial charge < -0.3 is 0 Å². The summed E-state index contributed by atoms with van der Waals surface area (Å²) in [5.74, 6) is 0. The first kappa shape index (κ1) is 15.6. The number of nitrogens with one attached hydrogen (secondary N) is 1. The number of sulfonamides is 1. The van der Waals surface area contributed by atoms with E-state index < -0.39 is 10.0 Å². The molecule has 0 aliphatic rings. The molecular formula is C11H12Br2N4O2S. The number of hydrogen-bond donors (Lipinski definition) is 1. The lowest BCUT2D eigenvalue weighted by Gasteiger charge is -2.14. The van der Waals surface area contributed by atoms with Crippen molar-refractivity contribution in [3.8, 4) is 0 Å². The van der Waals surface area contributed by atoms with Crippen LogP contribution in [0, 0.1) is 0 Å². The predicted octanol–water partition coefficient (Wildman–Crippen LogP) is 2.38. The number of nitrogens with zero attached hydrogens (tertiary/aromatic N) is 3. The van der Waals surface area contributed by atoms with Crippen LogP contribution in [-0.4, -0.2) is 23.4 Å². The first-order chi connectivity index (χ1) is 9.31. The van der Waals surface area contributed by atoms with Gasteiger partial charge in [-0.3, -0.25) is 0 Å². The average Bonchev–Trinajstić information content (AvgIpc) is 2.69. The van der Waals surface area contributed by atoms with Crippen LogP contribution in [0.2, 0.25) is 0 Å². The van der Waals surface area contributed by atoms with Crippen molar-refractivity contribution in [1.29, 1.82) is 0 Å². The number of halogens is 2. The second-order valence-electron chi connectivity index (χ2n) is 4.20. The molecule has 0 bridgehead atoms. The van der Waals surface area contributed by atoms with Crippen LogP contribution in [0.15, 0.2) is 38.4 Å². The van der Waals surface area contributed by atoms with E-state index in [1.54, 1.807) is 6.92 Å². The fraction of sp³-hybridized carbons (Fsp3) is 0.273. The molecule has 0 radical (unpaired) electrons. The van der Waals surface area contributed by atoms with Crippen molar-refractivity contribution in [2.45, 2.75) is 18.0 Å². The van der Waals surface area contributed by atoms with Gasteiger partial charge in [0.05, 0.1) is 0 Å². The molecule has 9 heteroatoms. The summed E-state index contributed by atoms with van der Waals surface area (Å²) < 4.78 is 29.6. The number of aromatic nitrogens is 3. The molecule has 0 amide bonds. The van der Waals surface area contributed by atoms with Crippen molar-refractivity contribution < 1.29 is 8.42 Å². The molecule has 1 N–H and O–H groups in total. The minimum Gasteiger partial charge on any atom is -0.235 e. The Balaban J connectivity index is 2.27. The van der Waals surface area contributed by atoms with Crippen LogP contribution < -0.4 is 4.72 Å². The van der Waals surface area contributed by atoms with Gasteiger partial charge in [-0.25, -0.2) is 17.8 Å². The highest BCUT2D eigenvalue weighted by Gasteiger charge is 2.25. The minimum atomic E-state index is -3.71. The second-order valence-corrected chi connectivity index (χ2v) is 7.50. The zero-order valence-electron chi connectivity index (χ0n) is 10.7. The van der Waals surface area contributed by atoms with Gasteiger partial charge in [0.1, 0.15) is 0 Å². The lowest BCUT2D eigenvalue weighted by atomic mass is 10.1. The summed E-state index contributed by atoms with van der Waals surface area (Å²) >= 11 is 6.43. The molecule has 0 unspecified atom stereocenters. The van der Waals surface area contributed by atoms with E-state index in [0.29, 0.717) is 0 Å². The van der Waals surface area contributed by atoms with Crippen LogP contribution in [0.4, 0.5) is 0 Å². The smallest absolute Gasteiger partial charge is 0.235 e. The zero-order chi connectivity index (χ0) is 14.9. The van der Waals surface area contributed by atoms with Crippen LogP contribution in [0.5, 0.6) is 0 Å². The topological polar surface area (TPSA) is 76.9 Å². The molecule has 0 fully saturated rings. The quantitative estimate of drug-likeness (QED) is 0.818. The zero-order valence-corrected chi connectivity index (χ0v) is 14.7. The van der Waals surface area contributed by atoms with Crippen LogP contribution in [0.3, 0.4) is 0 Å². The maximum absolute atomic E-state index is 12.3. The maximum atomic E-state index is 12.3. The molecule has 0 saturated heterocycles. The highest BCUT2D eigenvalue weighted by Crippen LogP contribution is 2.22. The number of hydrogen-bond acceptors (Lipinski definition) is 4. The molecule has 6 nitrogen and oxygen atoms in total. The molecule has 1 aromatic heterocycles. The van der Waals surface area contributed by atoms with Gasteiger partial charge in [0.25, 0.3) is 10.0 Å². The molecule has 108 valence electrons. The lowest BCUT2D eigenvalue weighted by Crippen LogP contribution is -2.28. The van der Waals surface area contributed by atoms with Gasteiger partial charge in [0, 0.05) is 17.6 Å². The fourth-order valence-electron chi connectivity index (χ4n) is 1.72. The third-order valence-corrected chi connectivity index (χ3v) is 5.65. The second kappa shape index (κ2) is 5.92. The van der Waals surface area contributed by atoms with Gasteiger partial charge >= 0.3 is 0 Å². The molecule has 1 heterocycles. The molecule has 0 saturated carbocycles. The maximum Gasteiger partial charge on any atom is 0.261 e. The van der Waals surface area contributed by atoms with Gasteiger partial charge in [0.2, 0.25) is 5.03 Å². The Labute approximate surface area is 133 Å². The SMILES string of the molecule is C[C@H](NS(=O)(=O)c1c(Br)nnn1C)c1ccc(Br)cc1. The Kier molecular flexibility index (Phi) is 4.62. The van der Waals surface area contributed by atoms with Gasteiger partial charge in [-0.15, -0.1) is 5.10 Å². The highest BCUT2D eigenvalue weighted by molar-refractivity contribution is 9.10. The molecular weight excluding hydrogens is 412 g/mol. The minimum absolute atomic E-state index is 0.00135. The van der Waals surface area contributed by atoms with E-state index >= 15 is 0 Å². The molecule has 2 aromatic rings. The van der Waals surface area contributed by atoms with E-state index in [2.05, 4.69) is 46.9 Å². The van der Waals surface area contributed by atoms with Crippen molar-refractivity contribution in [2.24, 2.45) is 7.05 Å². The normalized spacial score (nSPS) is 13.4. The fourth-order valence-corrected chi connectivity index (χ4v) is 4.31. The van der Waals surface area contributed by atoms with E-state index in [-0.39, 0.29) is 15.7 Å². The molecule has 1 aromatic carbocycles.